The van der Waals surface area contributed by atoms with Crippen LogP contribution in [0.3, 0.4) is 0 Å². The summed E-state index contributed by atoms with van der Waals surface area (Å²) in [4.78, 5) is 0. The van der Waals surface area contributed by atoms with Gasteiger partial charge in [-0.15, -0.1) is 6.58 Å². The Morgan fingerprint density at radius 2 is 2.05 bits per heavy atom. The van der Waals surface area contributed by atoms with Crippen LogP contribution in [0.15, 0.2) is 12.7 Å². The smallest absolute Gasteiger partial charge is 0.186 e. The van der Waals surface area contributed by atoms with E-state index in [4.69, 9.17) is 18.9 Å². The van der Waals surface area contributed by atoms with Crippen molar-refractivity contribution < 1.29 is 24.1 Å². The van der Waals surface area contributed by atoms with Crippen LogP contribution in [0.1, 0.15) is 26.7 Å². The summed E-state index contributed by atoms with van der Waals surface area (Å²) in [5.41, 5.74) is 0. The lowest BCUT2D eigenvalue weighted by atomic mass is 9.95. The van der Waals surface area contributed by atoms with Gasteiger partial charge in [-0.2, -0.15) is 0 Å². The Hall–Kier alpha value is -0.460. The van der Waals surface area contributed by atoms with Crippen molar-refractivity contribution in [2.75, 3.05) is 13.7 Å². The van der Waals surface area contributed by atoms with E-state index < -0.39 is 12.1 Å². The zero-order valence-electron chi connectivity index (χ0n) is 11.9. The number of allylic oxidation sites excluding steroid dienone is 1. The fourth-order valence-electron chi connectivity index (χ4n) is 2.83. The summed E-state index contributed by atoms with van der Waals surface area (Å²) < 4.78 is 22.9. The Morgan fingerprint density at radius 3 is 2.63 bits per heavy atom. The summed E-state index contributed by atoms with van der Waals surface area (Å²) in [6.07, 6.45) is 2.43. The third-order valence-electron chi connectivity index (χ3n) is 3.66. The Morgan fingerprint density at radius 1 is 1.37 bits per heavy atom. The zero-order valence-corrected chi connectivity index (χ0v) is 11.9. The normalized spacial score (nSPS) is 38.1. The standard InChI is InChI=1S/C14H24O5/c1-5-6-9(8-15)7-10-11-12(13(16-4)17-10)19-14(2,3)18-11/h5,9-13,15H,1,6-8H2,2-4H3/t9-,10+,11+,12+,13+/m0/s1. The average Bonchev–Trinajstić information content (AvgIpc) is 2.83. The van der Waals surface area contributed by atoms with Gasteiger partial charge < -0.3 is 24.1 Å². The first kappa shape index (κ1) is 14.9. The van der Waals surface area contributed by atoms with E-state index in [0.29, 0.717) is 6.42 Å². The molecule has 2 heterocycles. The number of aliphatic hydroxyl groups is 1. The van der Waals surface area contributed by atoms with Gasteiger partial charge in [0.1, 0.15) is 12.2 Å². The number of aliphatic hydroxyl groups excluding tert-OH is 1. The minimum atomic E-state index is -0.610. The quantitative estimate of drug-likeness (QED) is 0.742. The number of hydrogen-bond donors (Lipinski definition) is 1. The summed E-state index contributed by atoms with van der Waals surface area (Å²) in [5.74, 6) is -0.479. The molecule has 2 saturated heterocycles. The lowest BCUT2D eigenvalue weighted by Crippen LogP contribution is -2.31. The molecule has 0 bridgehead atoms. The van der Waals surface area contributed by atoms with E-state index >= 15 is 0 Å². The predicted molar refractivity (Wildman–Crippen MR) is 69.5 cm³/mol. The summed E-state index contributed by atoms with van der Waals surface area (Å²) in [7, 11) is 1.60. The molecule has 1 N–H and O–H groups in total. The molecule has 0 aromatic carbocycles. The van der Waals surface area contributed by atoms with Crippen LogP contribution in [-0.4, -0.2) is 49.2 Å². The van der Waals surface area contributed by atoms with Crippen molar-refractivity contribution in [2.24, 2.45) is 5.92 Å². The highest BCUT2D eigenvalue weighted by molar-refractivity contribution is 4.96. The average molecular weight is 272 g/mol. The van der Waals surface area contributed by atoms with Crippen molar-refractivity contribution in [1.82, 2.24) is 0 Å². The van der Waals surface area contributed by atoms with Crippen LogP contribution in [0.25, 0.3) is 0 Å². The van der Waals surface area contributed by atoms with Gasteiger partial charge in [0.25, 0.3) is 0 Å². The van der Waals surface area contributed by atoms with E-state index in [-0.39, 0.29) is 30.8 Å². The highest BCUT2D eigenvalue weighted by Gasteiger charge is 2.55. The van der Waals surface area contributed by atoms with E-state index in [0.717, 1.165) is 6.42 Å². The maximum atomic E-state index is 9.38. The minimum Gasteiger partial charge on any atom is -0.396 e. The molecule has 5 atom stereocenters. The van der Waals surface area contributed by atoms with Crippen LogP contribution < -0.4 is 0 Å². The summed E-state index contributed by atoms with van der Waals surface area (Å²) in [5, 5.41) is 9.38. The summed E-state index contributed by atoms with van der Waals surface area (Å²) in [6, 6.07) is 0. The van der Waals surface area contributed by atoms with Gasteiger partial charge in [-0.05, 0) is 32.6 Å². The third-order valence-corrected chi connectivity index (χ3v) is 3.66. The molecule has 110 valence electrons. The van der Waals surface area contributed by atoms with Crippen LogP contribution in [0.5, 0.6) is 0 Å². The minimum absolute atomic E-state index is 0.116. The molecule has 5 nitrogen and oxygen atoms in total. The highest BCUT2D eigenvalue weighted by Crippen LogP contribution is 2.40. The molecule has 2 rings (SSSR count). The van der Waals surface area contributed by atoms with E-state index in [2.05, 4.69) is 6.58 Å². The first-order valence-electron chi connectivity index (χ1n) is 6.76. The molecule has 0 aromatic heterocycles. The lowest BCUT2D eigenvalue weighted by molar-refractivity contribution is -0.228. The number of methoxy groups -OCH3 is 1. The van der Waals surface area contributed by atoms with Crippen LogP contribution in [0, 0.1) is 5.92 Å². The topological polar surface area (TPSA) is 57.2 Å². The van der Waals surface area contributed by atoms with Gasteiger partial charge in [-0.3, -0.25) is 0 Å². The highest BCUT2D eigenvalue weighted by atomic mass is 16.8. The van der Waals surface area contributed by atoms with Gasteiger partial charge >= 0.3 is 0 Å². The Kier molecular flexibility index (Phi) is 4.63. The Bertz CT molecular complexity index is 317. The van der Waals surface area contributed by atoms with Crippen molar-refractivity contribution in [3.63, 3.8) is 0 Å². The largest absolute Gasteiger partial charge is 0.396 e. The van der Waals surface area contributed by atoms with Crippen LogP contribution in [0.2, 0.25) is 0 Å². The predicted octanol–water partition coefficient (Wildman–Crippen LogP) is 1.45. The van der Waals surface area contributed by atoms with Crippen LogP contribution in [0.4, 0.5) is 0 Å². The molecular formula is C14H24O5. The van der Waals surface area contributed by atoms with Gasteiger partial charge in [0.05, 0.1) is 6.10 Å². The van der Waals surface area contributed by atoms with E-state index in [1.165, 1.54) is 0 Å². The number of ether oxygens (including phenoxy) is 4. The van der Waals surface area contributed by atoms with Crippen LogP contribution in [-0.2, 0) is 18.9 Å². The fourth-order valence-corrected chi connectivity index (χ4v) is 2.83. The summed E-state index contributed by atoms with van der Waals surface area (Å²) >= 11 is 0. The second kappa shape index (κ2) is 5.89. The second-order valence-electron chi connectivity index (χ2n) is 5.65. The van der Waals surface area contributed by atoms with Crippen molar-refractivity contribution in [3.8, 4) is 0 Å². The van der Waals surface area contributed by atoms with Gasteiger partial charge in [-0.1, -0.05) is 6.08 Å². The molecule has 0 spiro atoms. The SMILES string of the molecule is C=CC[C@H](CO)C[C@H]1O[C@@H](OC)[C@@H]2OC(C)(C)O[C@@H]21. The number of hydrogen-bond acceptors (Lipinski definition) is 5. The monoisotopic (exact) mass is 272 g/mol. The number of rotatable bonds is 6. The van der Waals surface area contributed by atoms with Crippen LogP contribution >= 0.6 is 0 Å². The molecule has 0 aliphatic carbocycles. The molecule has 0 amide bonds. The molecule has 19 heavy (non-hydrogen) atoms. The maximum Gasteiger partial charge on any atom is 0.186 e. The first-order chi connectivity index (χ1) is 9.00. The van der Waals surface area contributed by atoms with Crippen molar-refractivity contribution in [1.29, 1.82) is 0 Å². The van der Waals surface area contributed by atoms with Crippen molar-refractivity contribution >= 4 is 0 Å². The zero-order chi connectivity index (χ0) is 14.0. The van der Waals surface area contributed by atoms with E-state index in [9.17, 15) is 5.11 Å². The number of fused-ring (bicyclic) bond motifs is 1. The molecule has 0 saturated carbocycles. The molecule has 2 fully saturated rings. The lowest BCUT2D eigenvalue weighted by Gasteiger charge is -2.25. The molecular weight excluding hydrogens is 248 g/mol. The molecule has 0 aromatic rings. The van der Waals surface area contributed by atoms with Gasteiger partial charge in [0.15, 0.2) is 12.1 Å². The molecule has 5 heteroatoms. The Balaban J connectivity index is 2.03. The Labute approximate surface area is 114 Å². The third kappa shape index (κ3) is 3.17. The molecule has 2 aliphatic heterocycles. The van der Waals surface area contributed by atoms with Crippen molar-refractivity contribution in [2.45, 2.75) is 57.1 Å². The van der Waals surface area contributed by atoms with Crippen molar-refractivity contribution in [3.05, 3.63) is 12.7 Å². The molecule has 0 radical (unpaired) electrons. The van der Waals surface area contributed by atoms with E-state index in [1.807, 2.05) is 19.9 Å². The van der Waals surface area contributed by atoms with Gasteiger partial charge in [-0.25, -0.2) is 0 Å². The fraction of sp³-hybridized carbons (Fsp3) is 0.857. The van der Waals surface area contributed by atoms with E-state index in [1.54, 1.807) is 7.11 Å². The first-order valence-corrected chi connectivity index (χ1v) is 6.76. The molecule has 2 aliphatic rings. The summed E-state index contributed by atoms with van der Waals surface area (Å²) in [6.45, 7) is 7.61. The molecule has 0 unspecified atom stereocenters. The second-order valence-corrected chi connectivity index (χ2v) is 5.65. The van der Waals surface area contributed by atoms with Gasteiger partial charge in [0, 0.05) is 13.7 Å². The van der Waals surface area contributed by atoms with Gasteiger partial charge in [0.2, 0.25) is 0 Å². The maximum absolute atomic E-state index is 9.38.